The van der Waals surface area contributed by atoms with E-state index in [0.29, 0.717) is 5.02 Å². The van der Waals surface area contributed by atoms with E-state index in [1.807, 2.05) is 0 Å². The number of hydrogen-bond donors (Lipinski definition) is 1. The van der Waals surface area contributed by atoms with E-state index >= 15 is 0 Å². The summed E-state index contributed by atoms with van der Waals surface area (Å²) in [6.45, 7) is 0. The fourth-order valence-electron chi connectivity index (χ4n) is 1.73. The summed E-state index contributed by atoms with van der Waals surface area (Å²) in [6.07, 6.45) is -4.82. The minimum Gasteiger partial charge on any atom is -0.406 e. The fraction of sp³-hybridized carbons (Fsp3) is 0.0714. The van der Waals surface area contributed by atoms with Crippen LogP contribution in [-0.4, -0.2) is 12.1 Å². The summed E-state index contributed by atoms with van der Waals surface area (Å²) in [4.78, 5) is 12.2. The molecule has 0 unspecified atom stereocenters. The lowest BCUT2D eigenvalue weighted by atomic mass is 10.0. The third kappa shape index (κ3) is 3.88. The van der Waals surface area contributed by atoms with Crippen LogP contribution >= 0.6 is 11.6 Å². The van der Waals surface area contributed by atoms with Crippen molar-refractivity contribution >= 4 is 23.1 Å². The van der Waals surface area contributed by atoms with Crippen LogP contribution in [0.25, 0.3) is 0 Å². The number of halogens is 4. The summed E-state index contributed by atoms with van der Waals surface area (Å²) in [5.41, 5.74) is 6.02. The van der Waals surface area contributed by atoms with Crippen LogP contribution in [0.5, 0.6) is 5.75 Å². The lowest BCUT2D eigenvalue weighted by Gasteiger charge is -2.10. The van der Waals surface area contributed by atoms with Crippen LogP contribution in [0.1, 0.15) is 15.9 Å². The van der Waals surface area contributed by atoms with Gasteiger partial charge in [0.05, 0.1) is 0 Å². The Kier molecular flexibility index (Phi) is 4.09. The number of hydrogen-bond acceptors (Lipinski definition) is 3. The zero-order valence-electron chi connectivity index (χ0n) is 10.4. The van der Waals surface area contributed by atoms with Gasteiger partial charge in [0.1, 0.15) is 5.75 Å². The number of carbonyl (C=O) groups is 1. The standard InChI is InChI=1S/C14H9ClF3NO2/c15-9-4-5-11(12(19)7-9)13(20)8-2-1-3-10(6-8)21-14(16,17)18/h1-7H,19H2. The highest BCUT2D eigenvalue weighted by Gasteiger charge is 2.31. The molecule has 0 fully saturated rings. The number of nitrogens with two attached hydrogens (primary N) is 1. The smallest absolute Gasteiger partial charge is 0.406 e. The first-order valence-corrected chi connectivity index (χ1v) is 6.09. The van der Waals surface area contributed by atoms with Crippen molar-refractivity contribution in [3.8, 4) is 5.75 Å². The number of ether oxygens (including phenoxy) is 1. The van der Waals surface area contributed by atoms with Crippen LogP contribution < -0.4 is 10.5 Å². The quantitative estimate of drug-likeness (QED) is 0.686. The van der Waals surface area contributed by atoms with Crippen molar-refractivity contribution in [3.05, 3.63) is 58.6 Å². The molecule has 110 valence electrons. The first-order valence-electron chi connectivity index (χ1n) is 5.72. The number of anilines is 1. The minimum absolute atomic E-state index is 0.0331. The maximum absolute atomic E-state index is 12.2. The summed E-state index contributed by atoms with van der Waals surface area (Å²) in [5.74, 6) is -0.988. The fourth-order valence-corrected chi connectivity index (χ4v) is 1.91. The molecule has 0 saturated heterocycles. The Morgan fingerprint density at radius 1 is 1.14 bits per heavy atom. The van der Waals surface area contributed by atoms with Crippen LogP contribution in [-0.2, 0) is 0 Å². The molecule has 2 aromatic rings. The van der Waals surface area contributed by atoms with E-state index in [9.17, 15) is 18.0 Å². The topological polar surface area (TPSA) is 52.3 Å². The van der Waals surface area contributed by atoms with Gasteiger partial charge in [-0.25, -0.2) is 0 Å². The van der Waals surface area contributed by atoms with E-state index in [2.05, 4.69) is 4.74 Å². The first-order chi connectivity index (χ1) is 9.76. The molecule has 0 heterocycles. The lowest BCUT2D eigenvalue weighted by Crippen LogP contribution is -2.17. The van der Waals surface area contributed by atoms with Crippen molar-refractivity contribution in [2.24, 2.45) is 0 Å². The Hall–Kier alpha value is -2.21. The highest BCUT2D eigenvalue weighted by atomic mass is 35.5. The van der Waals surface area contributed by atoms with Crippen molar-refractivity contribution in [3.63, 3.8) is 0 Å². The second-order valence-electron chi connectivity index (χ2n) is 4.14. The lowest BCUT2D eigenvalue weighted by molar-refractivity contribution is -0.274. The monoisotopic (exact) mass is 315 g/mol. The van der Waals surface area contributed by atoms with Gasteiger partial charge in [-0.1, -0.05) is 23.7 Å². The van der Waals surface area contributed by atoms with Crippen molar-refractivity contribution in [1.82, 2.24) is 0 Å². The van der Waals surface area contributed by atoms with Gasteiger partial charge in [0, 0.05) is 21.8 Å². The summed E-state index contributed by atoms with van der Waals surface area (Å²) in [6, 6.07) is 9.06. The zero-order chi connectivity index (χ0) is 15.6. The molecule has 21 heavy (non-hydrogen) atoms. The molecule has 0 amide bonds. The maximum atomic E-state index is 12.2. The Morgan fingerprint density at radius 2 is 1.86 bits per heavy atom. The van der Waals surface area contributed by atoms with Gasteiger partial charge in [-0.2, -0.15) is 0 Å². The summed E-state index contributed by atoms with van der Waals surface area (Å²) >= 11 is 5.73. The Bertz CT molecular complexity index is 686. The number of alkyl halides is 3. The number of ketones is 1. The van der Waals surface area contributed by atoms with Crippen LogP contribution in [0.15, 0.2) is 42.5 Å². The average molecular weight is 316 g/mol. The highest BCUT2D eigenvalue weighted by molar-refractivity contribution is 6.31. The molecule has 0 radical (unpaired) electrons. The molecule has 3 nitrogen and oxygen atoms in total. The van der Waals surface area contributed by atoms with E-state index in [4.69, 9.17) is 17.3 Å². The Morgan fingerprint density at radius 3 is 2.48 bits per heavy atom. The number of carbonyl (C=O) groups excluding carboxylic acids is 1. The molecule has 0 bridgehead atoms. The highest BCUT2D eigenvalue weighted by Crippen LogP contribution is 2.26. The van der Waals surface area contributed by atoms with Gasteiger partial charge in [0.25, 0.3) is 0 Å². The molecule has 0 spiro atoms. The van der Waals surface area contributed by atoms with Crippen LogP contribution in [0.4, 0.5) is 18.9 Å². The Labute approximate surface area is 123 Å². The van der Waals surface area contributed by atoms with Crippen molar-refractivity contribution in [1.29, 1.82) is 0 Å². The molecule has 7 heteroatoms. The minimum atomic E-state index is -4.82. The average Bonchev–Trinajstić information content (AvgIpc) is 2.36. The van der Waals surface area contributed by atoms with Crippen LogP contribution in [0.2, 0.25) is 5.02 Å². The van der Waals surface area contributed by atoms with Gasteiger partial charge < -0.3 is 10.5 Å². The van der Waals surface area contributed by atoms with E-state index in [0.717, 1.165) is 12.1 Å². The van der Waals surface area contributed by atoms with Gasteiger partial charge >= 0.3 is 6.36 Å². The third-order valence-electron chi connectivity index (χ3n) is 2.59. The molecule has 0 atom stereocenters. The van der Waals surface area contributed by atoms with Crippen molar-refractivity contribution < 1.29 is 22.7 Å². The molecule has 0 aromatic heterocycles. The van der Waals surface area contributed by atoms with E-state index in [1.165, 1.54) is 30.3 Å². The molecule has 0 aliphatic rings. The Balaban J connectivity index is 2.33. The number of nitrogen functional groups attached to an aromatic ring is 1. The molecule has 2 rings (SSSR count). The predicted molar refractivity (Wildman–Crippen MR) is 72.4 cm³/mol. The first kappa shape index (κ1) is 15.2. The molecule has 2 N–H and O–H groups in total. The SMILES string of the molecule is Nc1cc(Cl)ccc1C(=O)c1cccc(OC(F)(F)F)c1. The molecule has 2 aromatic carbocycles. The summed E-state index contributed by atoms with van der Waals surface area (Å²) < 4.78 is 40.3. The van der Waals surface area contributed by atoms with Gasteiger partial charge in [-0.15, -0.1) is 13.2 Å². The molecule has 0 aliphatic heterocycles. The van der Waals surface area contributed by atoms with Crippen LogP contribution in [0.3, 0.4) is 0 Å². The number of rotatable bonds is 3. The normalized spacial score (nSPS) is 11.2. The zero-order valence-corrected chi connectivity index (χ0v) is 11.2. The maximum Gasteiger partial charge on any atom is 0.573 e. The van der Waals surface area contributed by atoms with Gasteiger partial charge in [-0.3, -0.25) is 4.79 Å². The second-order valence-corrected chi connectivity index (χ2v) is 4.57. The summed E-state index contributed by atoms with van der Waals surface area (Å²) in [5, 5.41) is 0.359. The van der Waals surface area contributed by atoms with E-state index < -0.39 is 17.9 Å². The third-order valence-corrected chi connectivity index (χ3v) is 2.82. The van der Waals surface area contributed by atoms with E-state index in [1.54, 1.807) is 0 Å². The molecular weight excluding hydrogens is 307 g/mol. The van der Waals surface area contributed by atoms with Gasteiger partial charge in [0.15, 0.2) is 5.78 Å². The largest absolute Gasteiger partial charge is 0.573 e. The predicted octanol–water partition coefficient (Wildman–Crippen LogP) is 4.05. The molecular formula is C14H9ClF3NO2. The van der Waals surface area contributed by atoms with Gasteiger partial charge in [-0.05, 0) is 30.3 Å². The van der Waals surface area contributed by atoms with Crippen molar-refractivity contribution in [2.75, 3.05) is 5.73 Å². The van der Waals surface area contributed by atoms with Crippen molar-refractivity contribution in [2.45, 2.75) is 6.36 Å². The van der Waals surface area contributed by atoms with E-state index in [-0.39, 0.29) is 16.8 Å². The molecule has 0 saturated carbocycles. The van der Waals surface area contributed by atoms with Crippen LogP contribution in [0, 0.1) is 0 Å². The second kappa shape index (κ2) is 5.65. The summed E-state index contributed by atoms with van der Waals surface area (Å²) in [7, 11) is 0. The van der Waals surface area contributed by atoms with Gasteiger partial charge in [0.2, 0.25) is 0 Å². The number of benzene rings is 2. The molecule has 0 aliphatic carbocycles.